The zero-order valence-corrected chi connectivity index (χ0v) is 16.6. The fourth-order valence-electron chi connectivity index (χ4n) is 2.79. The molecule has 3 heterocycles. The molecule has 1 unspecified atom stereocenters. The van der Waals surface area contributed by atoms with Crippen LogP contribution in [-0.4, -0.2) is 58.0 Å². The number of pyridine rings is 1. The monoisotopic (exact) mass is 399 g/mol. The van der Waals surface area contributed by atoms with Crippen molar-refractivity contribution in [2.45, 2.75) is 13.0 Å². The number of carbonyl (C=O) groups is 1. The van der Waals surface area contributed by atoms with E-state index in [1.54, 1.807) is 44.4 Å². The van der Waals surface area contributed by atoms with Gasteiger partial charge >= 0.3 is 6.09 Å². The standard InChI is InChI=1S/C17H15FN6O2.C2H7N/c1-10-9-24(17(25)26-10)12-4-5-13(14(18)7-12)11-3-6-15(19-8-11)16-20-22-23(2)21-16;1-3-2/h3-8,10H,9H2,1-2H3;3H,1-2H3. The highest BCUT2D eigenvalue weighted by atomic mass is 19.1. The SMILES string of the molecule is CC1CN(c2ccc(-c3ccc(-c4nnn(C)n4)nc3)c(F)c2)C(=O)O1.CNC. The summed E-state index contributed by atoms with van der Waals surface area (Å²) >= 11 is 0. The van der Waals surface area contributed by atoms with Gasteiger partial charge in [-0.2, -0.15) is 4.80 Å². The van der Waals surface area contributed by atoms with Crippen LogP contribution >= 0.6 is 0 Å². The highest BCUT2D eigenvalue weighted by Crippen LogP contribution is 2.29. The number of rotatable bonds is 3. The molecular formula is C19H22FN7O2. The number of amides is 1. The maximum absolute atomic E-state index is 14.6. The summed E-state index contributed by atoms with van der Waals surface area (Å²) < 4.78 is 19.7. The van der Waals surface area contributed by atoms with Crippen LogP contribution in [0.2, 0.25) is 0 Å². The number of hydrogen-bond donors (Lipinski definition) is 1. The van der Waals surface area contributed by atoms with Crippen molar-refractivity contribution in [3.8, 4) is 22.6 Å². The van der Waals surface area contributed by atoms with E-state index in [0.29, 0.717) is 34.9 Å². The van der Waals surface area contributed by atoms with Gasteiger partial charge in [-0.05, 0) is 50.5 Å². The molecule has 1 aromatic carbocycles. The van der Waals surface area contributed by atoms with Crippen molar-refractivity contribution in [3.63, 3.8) is 0 Å². The number of nitrogens with one attached hydrogen (secondary N) is 1. The maximum Gasteiger partial charge on any atom is 0.414 e. The summed E-state index contributed by atoms with van der Waals surface area (Å²) in [6.45, 7) is 2.20. The van der Waals surface area contributed by atoms with Crippen molar-refractivity contribution in [2.24, 2.45) is 7.05 Å². The van der Waals surface area contributed by atoms with Gasteiger partial charge in [0.05, 0.1) is 19.3 Å². The normalized spacial score (nSPS) is 15.7. The summed E-state index contributed by atoms with van der Waals surface area (Å²) in [6, 6.07) is 8.09. The molecular weight excluding hydrogens is 377 g/mol. The first kappa shape index (κ1) is 20.3. The van der Waals surface area contributed by atoms with Crippen molar-refractivity contribution in [3.05, 3.63) is 42.3 Å². The van der Waals surface area contributed by atoms with Gasteiger partial charge in [-0.15, -0.1) is 10.2 Å². The Hall–Kier alpha value is -3.40. The first-order valence-corrected chi connectivity index (χ1v) is 9.00. The lowest BCUT2D eigenvalue weighted by atomic mass is 10.1. The first-order chi connectivity index (χ1) is 13.9. The van der Waals surface area contributed by atoms with Gasteiger partial charge < -0.3 is 10.1 Å². The molecule has 1 saturated heterocycles. The second-order valence-corrected chi connectivity index (χ2v) is 6.50. The first-order valence-electron chi connectivity index (χ1n) is 9.00. The summed E-state index contributed by atoms with van der Waals surface area (Å²) in [6.07, 6.45) is 0.875. The lowest BCUT2D eigenvalue weighted by molar-refractivity contribution is 0.150. The van der Waals surface area contributed by atoms with E-state index in [0.717, 1.165) is 0 Å². The van der Waals surface area contributed by atoms with Gasteiger partial charge in [0.25, 0.3) is 0 Å². The van der Waals surface area contributed by atoms with Gasteiger partial charge in [-0.1, -0.05) is 6.07 Å². The zero-order chi connectivity index (χ0) is 21.0. The lowest BCUT2D eigenvalue weighted by Gasteiger charge is -2.14. The molecule has 9 nitrogen and oxygen atoms in total. The minimum Gasteiger partial charge on any atom is -0.444 e. The number of benzene rings is 1. The summed E-state index contributed by atoms with van der Waals surface area (Å²) in [5.74, 6) is -0.0430. The van der Waals surface area contributed by atoms with Crippen LogP contribution in [0, 0.1) is 5.82 Å². The van der Waals surface area contributed by atoms with Crippen LogP contribution in [0.25, 0.3) is 22.6 Å². The number of aryl methyl sites for hydroxylation is 1. The molecule has 1 N–H and O–H groups in total. The molecule has 0 aliphatic carbocycles. The molecule has 0 spiro atoms. The molecule has 29 heavy (non-hydrogen) atoms. The van der Waals surface area contributed by atoms with Crippen molar-refractivity contribution >= 4 is 11.8 Å². The summed E-state index contributed by atoms with van der Waals surface area (Å²) in [5, 5.41) is 14.5. The Balaban J connectivity index is 0.000000755. The molecule has 10 heteroatoms. The Labute approximate surface area is 167 Å². The third-order valence-corrected chi connectivity index (χ3v) is 4.04. The summed E-state index contributed by atoms with van der Waals surface area (Å²) in [5.41, 5.74) is 2.01. The van der Waals surface area contributed by atoms with E-state index in [9.17, 15) is 9.18 Å². The Kier molecular flexibility index (Phi) is 6.13. The number of cyclic esters (lactones) is 1. The average Bonchev–Trinajstić information content (AvgIpc) is 3.27. The number of aromatic nitrogens is 5. The lowest BCUT2D eigenvalue weighted by Crippen LogP contribution is -2.24. The molecule has 0 saturated carbocycles. The van der Waals surface area contributed by atoms with E-state index in [1.165, 1.54) is 15.8 Å². The number of halogens is 1. The highest BCUT2D eigenvalue weighted by molar-refractivity contribution is 5.90. The highest BCUT2D eigenvalue weighted by Gasteiger charge is 2.29. The average molecular weight is 399 g/mol. The largest absolute Gasteiger partial charge is 0.444 e. The molecule has 1 atom stereocenters. The molecule has 0 bridgehead atoms. The molecule has 4 rings (SSSR count). The van der Waals surface area contributed by atoms with Crippen LogP contribution in [0.4, 0.5) is 14.9 Å². The third kappa shape index (κ3) is 4.54. The van der Waals surface area contributed by atoms with Crippen LogP contribution in [-0.2, 0) is 11.8 Å². The Morgan fingerprint density at radius 1 is 1.24 bits per heavy atom. The van der Waals surface area contributed by atoms with Crippen LogP contribution in [0.3, 0.4) is 0 Å². The van der Waals surface area contributed by atoms with Gasteiger partial charge in [0.15, 0.2) is 0 Å². The van der Waals surface area contributed by atoms with E-state index in [4.69, 9.17) is 4.74 Å². The predicted octanol–water partition coefficient (Wildman–Crippen LogP) is 2.26. The Bertz CT molecular complexity index is 990. The third-order valence-electron chi connectivity index (χ3n) is 4.04. The van der Waals surface area contributed by atoms with Crippen LogP contribution < -0.4 is 10.2 Å². The summed E-state index contributed by atoms with van der Waals surface area (Å²) in [4.78, 5) is 18.8. The number of carbonyl (C=O) groups excluding carboxylic acids is 1. The van der Waals surface area contributed by atoms with Crippen molar-refractivity contribution < 1.29 is 13.9 Å². The number of hydrogen-bond acceptors (Lipinski definition) is 7. The molecule has 2 aromatic heterocycles. The number of ether oxygens (including phenoxy) is 1. The minimum atomic E-state index is -0.466. The smallest absolute Gasteiger partial charge is 0.414 e. The van der Waals surface area contributed by atoms with Gasteiger partial charge in [-0.25, -0.2) is 9.18 Å². The Morgan fingerprint density at radius 2 is 2.00 bits per heavy atom. The van der Waals surface area contributed by atoms with E-state index in [1.807, 2.05) is 14.1 Å². The molecule has 1 aliphatic rings. The molecule has 152 valence electrons. The predicted molar refractivity (Wildman–Crippen MR) is 106 cm³/mol. The molecule has 1 fully saturated rings. The molecule has 1 aliphatic heterocycles. The molecule has 3 aromatic rings. The topological polar surface area (TPSA) is 98.1 Å². The van der Waals surface area contributed by atoms with Crippen molar-refractivity contribution in [1.82, 2.24) is 30.5 Å². The van der Waals surface area contributed by atoms with Crippen LogP contribution in [0.15, 0.2) is 36.5 Å². The van der Waals surface area contributed by atoms with E-state index in [2.05, 4.69) is 25.7 Å². The fourth-order valence-corrected chi connectivity index (χ4v) is 2.79. The van der Waals surface area contributed by atoms with Gasteiger partial charge in [-0.3, -0.25) is 9.88 Å². The zero-order valence-electron chi connectivity index (χ0n) is 16.6. The maximum atomic E-state index is 14.6. The van der Waals surface area contributed by atoms with E-state index < -0.39 is 11.9 Å². The number of anilines is 1. The van der Waals surface area contributed by atoms with E-state index in [-0.39, 0.29) is 6.10 Å². The van der Waals surface area contributed by atoms with Gasteiger partial charge in [0.2, 0.25) is 5.82 Å². The minimum absolute atomic E-state index is 0.211. The summed E-state index contributed by atoms with van der Waals surface area (Å²) in [7, 11) is 5.42. The van der Waals surface area contributed by atoms with Crippen LogP contribution in [0.5, 0.6) is 0 Å². The second-order valence-electron chi connectivity index (χ2n) is 6.50. The number of tetrazole rings is 1. The number of nitrogens with zero attached hydrogens (tertiary/aromatic N) is 6. The fraction of sp³-hybridized carbons (Fsp3) is 0.316. The van der Waals surface area contributed by atoms with Gasteiger partial charge in [0.1, 0.15) is 17.6 Å². The molecule has 0 radical (unpaired) electrons. The van der Waals surface area contributed by atoms with Crippen LogP contribution in [0.1, 0.15) is 6.92 Å². The Morgan fingerprint density at radius 3 is 2.52 bits per heavy atom. The van der Waals surface area contributed by atoms with Crippen molar-refractivity contribution in [1.29, 1.82) is 0 Å². The second kappa shape index (κ2) is 8.74. The quantitative estimate of drug-likeness (QED) is 0.721. The van der Waals surface area contributed by atoms with Crippen molar-refractivity contribution in [2.75, 3.05) is 25.5 Å². The van der Waals surface area contributed by atoms with E-state index >= 15 is 0 Å². The molecule has 1 amide bonds. The van der Waals surface area contributed by atoms with Gasteiger partial charge in [0, 0.05) is 17.3 Å².